The van der Waals surface area contributed by atoms with E-state index in [0.29, 0.717) is 0 Å². The van der Waals surface area contributed by atoms with Crippen molar-refractivity contribution < 1.29 is 4.79 Å². The summed E-state index contributed by atoms with van der Waals surface area (Å²) in [5.74, 6) is 0.0485. The summed E-state index contributed by atoms with van der Waals surface area (Å²) in [6.07, 6.45) is 1.96. The van der Waals surface area contributed by atoms with E-state index in [2.05, 4.69) is 10.7 Å². The van der Waals surface area contributed by atoms with Crippen molar-refractivity contribution in [1.82, 2.24) is 9.99 Å². The molecule has 2 N–H and O–H groups in total. The maximum atomic E-state index is 12.1. The van der Waals surface area contributed by atoms with E-state index in [-0.39, 0.29) is 5.91 Å². The van der Waals surface area contributed by atoms with E-state index in [1.165, 1.54) is 0 Å². The summed E-state index contributed by atoms with van der Waals surface area (Å²) in [6, 6.07) is 4.00. The van der Waals surface area contributed by atoms with Gasteiger partial charge in [0.25, 0.3) is 5.91 Å². The van der Waals surface area contributed by atoms with E-state index >= 15 is 0 Å². The zero-order valence-electron chi connectivity index (χ0n) is 10.1. The van der Waals surface area contributed by atoms with E-state index < -0.39 is 5.54 Å². The van der Waals surface area contributed by atoms with E-state index in [1.54, 1.807) is 0 Å². The summed E-state index contributed by atoms with van der Waals surface area (Å²) < 4.78 is 1.84. The summed E-state index contributed by atoms with van der Waals surface area (Å²) in [5, 5.41) is 3.26. The highest BCUT2D eigenvalue weighted by Gasteiger charge is 2.36. The molecule has 0 bridgehead atoms. The Hall–Kier alpha value is -1.29. The van der Waals surface area contributed by atoms with Gasteiger partial charge in [-0.15, -0.1) is 0 Å². The van der Waals surface area contributed by atoms with Gasteiger partial charge in [-0.2, -0.15) is 0 Å². The van der Waals surface area contributed by atoms with Gasteiger partial charge in [0.2, 0.25) is 0 Å². The van der Waals surface area contributed by atoms with Crippen LogP contribution >= 0.6 is 0 Å². The first kappa shape index (κ1) is 11.2. The molecule has 0 radical (unpaired) electrons. The smallest absolute Gasteiger partial charge is 0.258 e. The highest BCUT2D eigenvalue weighted by molar-refractivity contribution is 5.92. The maximum absolute atomic E-state index is 12.1. The van der Waals surface area contributed by atoms with Gasteiger partial charge in [0, 0.05) is 11.4 Å². The van der Waals surface area contributed by atoms with Crippen molar-refractivity contribution in [2.45, 2.75) is 39.2 Å². The highest BCUT2D eigenvalue weighted by Crippen LogP contribution is 2.19. The molecule has 1 fully saturated rings. The Morgan fingerprint density at radius 1 is 1.44 bits per heavy atom. The fraction of sp³-hybridized carbons (Fsp3) is 0.583. The van der Waals surface area contributed by atoms with Crippen molar-refractivity contribution in [3.05, 3.63) is 23.5 Å². The van der Waals surface area contributed by atoms with Crippen LogP contribution in [0.1, 0.15) is 31.2 Å². The number of hydrogen-bond donors (Lipinski definition) is 2. The van der Waals surface area contributed by atoms with Crippen molar-refractivity contribution >= 4 is 5.91 Å². The molecule has 88 valence electrons. The van der Waals surface area contributed by atoms with E-state index in [4.69, 9.17) is 0 Å². The molecule has 16 heavy (non-hydrogen) atoms. The third kappa shape index (κ3) is 1.85. The number of hydrogen-bond acceptors (Lipinski definition) is 2. The second-order valence-electron chi connectivity index (χ2n) is 4.75. The zero-order valence-corrected chi connectivity index (χ0v) is 10.1. The van der Waals surface area contributed by atoms with Gasteiger partial charge in [-0.05, 0) is 52.3 Å². The van der Waals surface area contributed by atoms with Crippen LogP contribution in [0.5, 0.6) is 0 Å². The van der Waals surface area contributed by atoms with Crippen LogP contribution < -0.4 is 10.7 Å². The molecule has 0 aliphatic carbocycles. The Balaban J connectivity index is 2.13. The summed E-state index contributed by atoms with van der Waals surface area (Å²) >= 11 is 0. The Morgan fingerprint density at radius 3 is 2.56 bits per heavy atom. The molecule has 1 unspecified atom stereocenters. The van der Waals surface area contributed by atoms with Crippen LogP contribution in [-0.2, 0) is 4.79 Å². The molecular weight excluding hydrogens is 202 g/mol. The lowest BCUT2D eigenvalue weighted by atomic mass is 10.00. The fourth-order valence-corrected chi connectivity index (χ4v) is 2.16. The summed E-state index contributed by atoms with van der Waals surface area (Å²) in [6.45, 7) is 6.85. The van der Waals surface area contributed by atoms with Crippen LogP contribution in [0.15, 0.2) is 12.1 Å². The normalized spacial score (nSPS) is 24.7. The molecule has 1 aromatic rings. The second kappa shape index (κ2) is 3.94. The third-order valence-electron chi connectivity index (χ3n) is 3.35. The summed E-state index contributed by atoms with van der Waals surface area (Å²) in [7, 11) is 0. The van der Waals surface area contributed by atoms with E-state index in [1.807, 2.05) is 37.6 Å². The predicted molar refractivity (Wildman–Crippen MR) is 63.9 cm³/mol. The third-order valence-corrected chi connectivity index (χ3v) is 3.35. The predicted octanol–water partition coefficient (Wildman–Crippen LogP) is 1.32. The molecule has 1 amide bonds. The number of amides is 1. The minimum absolute atomic E-state index is 0.0485. The van der Waals surface area contributed by atoms with Gasteiger partial charge in [0.15, 0.2) is 0 Å². The van der Waals surface area contributed by atoms with E-state index in [9.17, 15) is 4.79 Å². The molecule has 0 aromatic carbocycles. The number of nitrogens with one attached hydrogen (secondary N) is 2. The Morgan fingerprint density at radius 2 is 2.06 bits per heavy atom. The van der Waals surface area contributed by atoms with Crippen molar-refractivity contribution in [2.75, 3.05) is 12.0 Å². The average Bonchev–Trinajstić information content (AvgIpc) is 2.80. The van der Waals surface area contributed by atoms with Crippen LogP contribution in [0.4, 0.5) is 0 Å². The Labute approximate surface area is 96.0 Å². The number of carbonyl (C=O) groups excluding carboxylic acids is 1. The lowest BCUT2D eigenvalue weighted by Gasteiger charge is -2.24. The topological polar surface area (TPSA) is 46.1 Å². The van der Waals surface area contributed by atoms with Crippen LogP contribution in [0.2, 0.25) is 0 Å². The molecule has 1 atom stereocenters. The Bertz CT molecular complexity index is 383. The molecule has 4 heteroatoms. The first-order chi connectivity index (χ1) is 7.53. The SMILES string of the molecule is Cc1ccc(C)n1NC(=O)C1(C)CCCN1. The van der Waals surface area contributed by atoms with Gasteiger partial charge in [0.05, 0.1) is 5.54 Å². The number of carbonyl (C=O) groups is 1. The average molecular weight is 221 g/mol. The monoisotopic (exact) mass is 221 g/mol. The van der Waals surface area contributed by atoms with Gasteiger partial charge in [-0.1, -0.05) is 0 Å². The van der Waals surface area contributed by atoms with Gasteiger partial charge in [-0.3, -0.25) is 14.9 Å². The molecule has 1 aliphatic rings. The van der Waals surface area contributed by atoms with Gasteiger partial charge < -0.3 is 5.32 Å². The molecule has 0 saturated carbocycles. The van der Waals surface area contributed by atoms with Crippen LogP contribution in [-0.4, -0.2) is 22.7 Å². The van der Waals surface area contributed by atoms with Crippen LogP contribution in [0.3, 0.4) is 0 Å². The quantitative estimate of drug-likeness (QED) is 0.791. The number of aryl methyl sites for hydroxylation is 2. The van der Waals surface area contributed by atoms with Crippen LogP contribution in [0, 0.1) is 13.8 Å². The lowest BCUT2D eigenvalue weighted by Crippen LogP contribution is -2.50. The number of aromatic nitrogens is 1. The van der Waals surface area contributed by atoms with Crippen molar-refractivity contribution in [2.24, 2.45) is 0 Å². The highest BCUT2D eigenvalue weighted by atomic mass is 16.2. The standard InChI is InChI=1S/C12H19N3O/c1-9-5-6-10(2)15(9)14-11(16)12(3)7-4-8-13-12/h5-6,13H,4,7-8H2,1-3H3,(H,14,16). The van der Waals surface area contributed by atoms with Crippen molar-refractivity contribution in [3.63, 3.8) is 0 Å². The Kier molecular flexibility index (Phi) is 2.76. The summed E-state index contributed by atoms with van der Waals surface area (Å²) in [4.78, 5) is 12.1. The first-order valence-electron chi connectivity index (χ1n) is 5.74. The lowest BCUT2D eigenvalue weighted by molar-refractivity contribution is -0.122. The maximum Gasteiger partial charge on any atom is 0.258 e. The van der Waals surface area contributed by atoms with Crippen LogP contribution in [0.25, 0.3) is 0 Å². The molecular formula is C12H19N3O. The number of nitrogens with zero attached hydrogens (tertiary/aromatic N) is 1. The molecule has 1 aliphatic heterocycles. The fourth-order valence-electron chi connectivity index (χ4n) is 2.16. The van der Waals surface area contributed by atoms with Gasteiger partial charge in [0.1, 0.15) is 0 Å². The molecule has 1 aromatic heterocycles. The minimum atomic E-state index is -0.414. The van der Waals surface area contributed by atoms with Crippen molar-refractivity contribution in [3.8, 4) is 0 Å². The summed E-state index contributed by atoms with van der Waals surface area (Å²) in [5.41, 5.74) is 4.64. The van der Waals surface area contributed by atoms with E-state index in [0.717, 1.165) is 30.8 Å². The molecule has 4 nitrogen and oxygen atoms in total. The zero-order chi connectivity index (χ0) is 11.8. The molecule has 0 spiro atoms. The van der Waals surface area contributed by atoms with Crippen molar-refractivity contribution in [1.29, 1.82) is 0 Å². The minimum Gasteiger partial charge on any atom is -0.304 e. The van der Waals surface area contributed by atoms with Gasteiger partial charge in [-0.25, -0.2) is 0 Å². The molecule has 2 heterocycles. The molecule has 1 saturated heterocycles. The van der Waals surface area contributed by atoms with Gasteiger partial charge >= 0.3 is 0 Å². The first-order valence-corrected chi connectivity index (χ1v) is 5.74. The molecule has 2 rings (SSSR count). The number of rotatable bonds is 2. The second-order valence-corrected chi connectivity index (χ2v) is 4.75. The largest absolute Gasteiger partial charge is 0.304 e.